The van der Waals surface area contributed by atoms with Gasteiger partial charge in [0.1, 0.15) is 18.1 Å². The van der Waals surface area contributed by atoms with Gasteiger partial charge in [0.05, 0.1) is 23.3 Å². The van der Waals surface area contributed by atoms with Gasteiger partial charge in [-0.05, 0) is 62.4 Å². The van der Waals surface area contributed by atoms with Gasteiger partial charge in [-0.1, -0.05) is 30.3 Å². The summed E-state index contributed by atoms with van der Waals surface area (Å²) in [5.74, 6) is 0.323. The molecular weight excluding hydrogens is 420 g/mol. The highest BCUT2D eigenvalue weighted by molar-refractivity contribution is 6.21. The van der Waals surface area contributed by atoms with E-state index in [1.54, 1.807) is 62.4 Å². The van der Waals surface area contributed by atoms with E-state index in [9.17, 15) is 14.4 Å². The standard InChI is InChI=1S/C26H24N2O5/c1-26(2,28-24(30)21-10-6-7-11-22(21)25(28)31)17-32-16-23(29)27-18-12-14-20(15-13-18)33-19-8-4-3-5-9-19/h3-15H,16-17H2,1-2H3,(H,27,29). The van der Waals surface area contributed by atoms with Crippen LogP contribution in [-0.2, 0) is 9.53 Å². The average Bonchev–Trinajstić information content (AvgIpc) is 3.06. The number of amides is 3. The molecule has 0 atom stereocenters. The van der Waals surface area contributed by atoms with E-state index in [2.05, 4.69) is 5.32 Å². The van der Waals surface area contributed by atoms with Gasteiger partial charge in [0.15, 0.2) is 0 Å². The number of fused-ring (bicyclic) bond motifs is 1. The van der Waals surface area contributed by atoms with Gasteiger partial charge >= 0.3 is 0 Å². The first-order chi connectivity index (χ1) is 15.8. The molecule has 3 aromatic rings. The summed E-state index contributed by atoms with van der Waals surface area (Å²) in [6.07, 6.45) is 0. The number of carbonyl (C=O) groups excluding carboxylic acids is 3. The summed E-state index contributed by atoms with van der Waals surface area (Å²) in [5.41, 5.74) is 0.453. The van der Waals surface area contributed by atoms with Crippen molar-refractivity contribution in [2.75, 3.05) is 18.5 Å². The van der Waals surface area contributed by atoms with Gasteiger partial charge in [0, 0.05) is 5.69 Å². The number of hydrogen-bond acceptors (Lipinski definition) is 5. The maximum atomic E-state index is 12.7. The number of para-hydroxylation sites is 1. The van der Waals surface area contributed by atoms with E-state index in [4.69, 9.17) is 9.47 Å². The summed E-state index contributed by atoms with van der Waals surface area (Å²) in [7, 11) is 0. The van der Waals surface area contributed by atoms with Gasteiger partial charge in [-0.15, -0.1) is 0 Å². The Bertz CT molecular complexity index is 1140. The Morgan fingerprint density at radius 1 is 0.818 bits per heavy atom. The predicted octanol–water partition coefficient (Wildman–Crippen LogP) is 4.51. The van der Waals surface area contributed by atoms with E-state index < -0.39 is 5.54 Å². The summed E-state index contributed by atoms with van der Waals surface area (Å²) in [4.78, 5) is 38.9. The number of benzene rings is 3. The first-order valence-electron chi connectivity index (χ1n) is 10.5. The van der Waals surface area contributed by atoms with Gasteiger partial charge in [0.25, 0.3) is 11.8 Å². The smallest absolute Gasteiger partial charge is 0.262 e. The summed E-state index contributed by atoms with van der Waals surface area (Å²) in [6, 6.07) is 23.1. The van der Waals surface area contributed by atoms with Crippen LogP contribution in [0.1, 0.15) is 34.6 Å². The topological polar surface area (TPSA) is 84.9 Å². The van der Waals surface area contributed by atoms with Crippen LogP contribution in [0, 0.1) is 0 Å². The zero-order chi connectivity index (χ0) is 23.4. The van der Waals surface area contributed by atoms with Gasteiger partial charge < -0.3 is 14.8 Å². The molecule has 1 heterocycles. The molecule has 0 aliphatic carbocycles. The van der Waals surface area contributed by atoms with Crippen molar-refractivity contribution >= 4 is 23.4 Å². The van der Waals surface area contributed by atoms with Crippen LogP contribution in [0.2, 0.25) is 0 Å². The van der Waals surface area contributed by atoms with Crippen LogP contribution in [0.5, 0.6) is 11.5 Å². The molecule has 3 amide bonds. The molecule has 7 heteroatoms. The Hall–Kier alpha value is -3.97. The van der Waals surface area contributed by atoms with Crippen molar-refractivity contribution in [3.05, 3.63) is 90.0 Å². The number of carbonyl (C=O) groups is 3. The molecule has 0 bridgehead atoms. The van der Waals surface area contributed by atoms with Crippen molar-refractivity contribution in [3.8, 4) is 11.5 Å². The molecule has 1 aliphatic rings. The summed E-state index contributed by atoms with van der Waals surface area (Å²) >= 11 is 0. The van der Waals surface area contributed by atoms with E-state index in [-0.39, 0.29) is 30.9 Å². The molecule has 1 aliphatic heterocycles. The van der Waals surface area contributed by atoms with E-state index >= 15 is 0 Å². The number of nitrogens with zero attached hydrogens (tertiary/aromatic N) is 1. The minimum atomic E-state index is -0.913. The van der Waals surface area contributed by atoms with Crippen molar-refractivity contribution in [1.29, 1.82) is 0 Å². The number of ether oxygens (including phenoxy) is 2. The van der Waals surface area contributed by atoms with Crippen molar-refractivity contribution in [2.24, 2.45) is 0 Å². The van der Waals surface area contributed by atoms with Crippen LogP contribution in [0.15, 0.2) is 78.9 Å². The van der Waals surface area contributed by atoms with E-state index in [1.807, 2.05) is 30.3 Å². The first kappa shape index (κ1) is 22.2. The van der Waals surface area contributed by atoms with Gasteiger partial charge in [-0.3, -0.25) is 19.3 Å². The number of hydrogen-bond donors (Lipinski definition) is 1. The fourth-order valence-electron chi connectivity index (χ4n) is 3.63. The fraction of sp³-hybridized carbons (Fsp3) is 0.192. The molecule has 0 saturated carbocycles. The molecule has 1 N–H and O–H groups in total. The lowest BCUT2D eigenvalue weighted by molar-refractivity contribution is -0.121. The molecule has 4 rings (SSSR count). The van der Waals surface area contributed by atoms with Crippen molar-refractivity contribution in [3.63, 3.8) is 0 Å². The second kappa shape index (κ2) is 9.26. The van der Waals surface area contributed by atoms with Crippen LogP contribution in [0.3, 0.4) is 0 Å². The van der Waals surface area contributed by atoms with Crippen LogP contribution in [-0.4, -0.2) is 41.4 Å². The Balaban J connectivity index is 1.28. The largest absolute Gasteiger partial charge is 0.457 e. The molecular formula is C26H24N2O5. The maximum Gasteiger partial charge on any atom is 0.262 e. The lowest BCUT2D eigenvalue weighted by atomic mass is 10.0. The van der Waals surface area contributed by atoms with E-state index in [0.29, 0.717) is 22.6 Å². The van der Waals surface area contributed by atoms with E-state index in [0.717, 1.165) is 5.75 Å². The highest BCUT2D eigenvalue weighted by Crippen LogP contribution is 2.29. The van der Waals surface area contributed by atoms with E-state index in [1.165, 1.54) is 4.90 Å². The SMILES string of the molecule is CC(C)(COCC(=O)Nc1ccc(Oc2ccccc2)cc1)N1C(=O)c2ccccc2C1=O. The molecule has 3 aromatic carbocycles. The van der Waals surface area contributed by atoms with Crippen molar-refractivity contribution in [2.45, 2.75) is 19.4 Å². The number of nitrogens with one attached hydrogen (secondary N) is 1. The summed E-state index contributed by atoms with van der Waals surface area (Å²) in [6.45, 7) is 3.28. The quantitative estimate of drug-likeness (QED) is 0.517. The van der Waals surface area contributed by atoms with Gasteiger partial charge in [-0.2, -0.15) is 0 Å². The van der Waals surface area contributed by atoms with Crippen molar-refractivity contribution < 1.29 is 23.9 Å². The average molecular weight is 444 g/mol. The Morgan fingerprint density at radius 3 is 1.97 bits per heavy atom. The van der Waals surface area contributed by atoms with Crippen LogP contribution >= 0.6 is 0 Å². The lowest BCUT2D eigenvalue weighted by Gasteiger charge is -2.33. The number of rotatable bonds is 8. The minimum Gasteiger partial charge on any atom is -0.457 e. The van der Waals surface area contributed by atoms with Crippen LogP contribution in [0.25, 0.3) is 0 Å². The Labute approximate surface area is 191 Å². The molecule has 7 nitrogen and oxygen atoms in total. The third kappa shape index (κ3) is 4.94. The normalized spacial score (nSPS) is 13.1. The highest BCUT2D eigenvalue weighted by Gasteiger charge is 2.44. The summed E-state index contributed by atoms with van der Waals surface area (Å²) < 4.78 is 11.3. The molecule has 0 unspecified atom stereocenters. The van der Waals surface area contributed by atoms with Crippen LogP contribution < -0.4 is 10.1 Å². The third-order valence-corrected chi connectivity index (χ3v) is 5.20. The number of imide groups is 1. The zero-order valence-electron chi connectivity index (χ0n) is 18.4. The van der Waals surface area contributed by atoms with Crippen LogP contribution in [0.4, 0.5) is 5.69 Å². The molecule has 0 fully saturated rings. The summed E-state index contributed by atoms with van der Waals surface area (Å²) in [5, 5.41) is 2.75. The Kier molecular flexibility index (Phi) is 6.24. The fourth-order valence-corrected chi connectivity index (χ4v) is 3.63. The van der Waals surface area contributed by atoms with Crippen molar-refractivity contribution in [1.82, 2.24) is 4.90 Å². The lowest BCUT2D eigenvalue weighted by Crippen LogP contribution is -2.50. The molecule has 0 radical (unpaired) electrons. The highest BCUT2D eigenvalue weighted by atomic mass is 16.5. The molecule has 168 valence electrons. The molecule has 0 aromatic heterocycles. The number of anilines is 1. The predicted molar refractivity (Wildman–Crippen MR) is 123 cm³/mol. The monoisotopic (exact) mass is 444 g/mol. The maximum absolute atomic E-state index is 12.7. The minimum absolute atomic E-state index is 0.0236. The second-order valence-corrected chi connectivity index (χ2v) is 8.28. The first-order valence-corrected chi connectivity index (χ1v) is 10.5. The Morgan fingerprint density at radius 2 is 1.36 bits per heavy atom. The van der Waals surface area contributed by atoms with Gasteiger partial charge in [-0.25, -0.2) is 0 Å². The van der Waals surface area contributed by atoms with Gasteiger partial charge in [0.2, 0.25) is 5.91 Å². The molecule has 0 spiro atoms. The third-order valence-electron chi connectivity index (χ3n) is 5.20. The second-order valence-electron chi connectivity index (χ2n) is 8.28. The molecule has 33 heavy (non-hydrogen) atoms. The molecule has 0 saturated heterocycles. The zero-order valence-corrected chi connectivity index (χ0v) is 18.4.